The number of amides is 1. The zero-order chi connectivity index (χ0) is 22.3. The molecule has 2 aromatic heterocycles. The molecule has 32 heavy (non-hydrogen) atoms. The first-order chi connectivity index (χ1) is 15.7. The van der Waals surface area contributed by atoms with Gasteiger partial charge in [0.2, 0.25) is 5.82 Å². The van der Waals surface area contributed by atoms with Crippen molar-refractivity contribution in [3.8, 4) is 11.6 Å². The molecule has 0 spiro atoms. The number of furan rings is 1. The first-order valence-electron chi connectivity index (χ1n) is 9.86. The second kappa shape index (κ2) is 9.93. The molecule has 0 unspecified atom stereocenters. The lowest BCUT2D eigenvalue weighted by Gasteiger charge is -2.07. The van der Waals surface area contributed by atoms with Gasteiger partial charge in [0, 0.05) is 23.4 Å². The van der Waals surface area contributed by atoms with Crippen LogP contribution in [0.5, 0.6) is 0 Å². The smallest absolute Gasteiger partial charge is 0.255 e. The third-order valence-electron chi connectivity index (χ3n) is 4.60. The average molecular weight is 445 g/mol. The van der Waals surface area contributed by atoms with Crippen molar-refractivity contribution in [2.75, 3.05) is 11.1 Å². The first-order valence-corrected chi connectivity index (χ1v) is 10.8. The van der Waals surface area contributed by atoms with E-state index in [1.54, 1.807) is 60.9 Å². The van der Waals surface area contributed by atoms with Crippen molar-refractivity contribution in [3.63, 3.8) is 0 Å². The van der Waals surface area contributed by atoms with E-state index in [-0.39, 0.29) is 17.4 Å². The molecule has 0 radical (unpaired) electrons. The highest BCUT2D eigenvalue weighted by molar-refractivity contribution is 7.99. The van der Waals surface area contributed by atoms with E-state index in [2.05, 4.69) is 22.1 Å². The Morgan fingerprint density at radius 3 is 2.47 bits per heavy atom. The number of Topliss-reactive ketones (excluding diaryl/α,β-unsaturated/α-hetero) is 1. The van der Waals surface area contributed by atoms with Gasteiger partial charge >= 0.3 is 0 Å². The van der Waals surface area contributed by atoms with Gasteiger partial charge < -0.3 is 9.73 Å². The highest BCUT2D eigenvalue weighted by Gasteiger charge is 2.17. The lowest BCUT2D eigenvalue weighted by Crippen LogP contribution is -2.12. The van der Waals surface area contributed by atoms with Gasteiger partial charge in [0.25, 0.3) is 5.91 Å². The molecule has 0 bridgehead atoms. The minimum atomic E-state index is -0.200. The van der Waals surface area contributed by atoms with E-state index in [1.807, 2.05) is 22.8 Å². The van der Waals surface area contributed by atoms with Crippen molar-refractivity contribution in [3.05, 3.63) is 96.8 Å². The molecule has 0 atom stereocenters. The largest absolute Gasteiger partial charge is 0.461 e. The van der Waals surface area contributed by atoms with Gasteiger partial charge in [-0.2, -0.15) is 0 Å². The maximum absolute atomic E-state index is 12.7. The van der Waals surface area contributed by atoms with Gasteiger partial charge in [-0.25, -0.2) is 0 Å². The SMILES string of the molecule is C=CCn1c(SCC(=O)c2ccc(NC(=O)c3ccccc3)cc2)nnc1-c1ccco1. The fourth-order valence-electron chi connectivity index (χ4n) is 3.02. The second-order valence-corrected chi connectivity index (χ2v) is 7.73. The molecule has 0 fully saturated rings. The third-order valence-corrected chi connectivity index (χ3v) is 5.57. The van der Waals surface area contributed by atoms with Crippen molar-refractivity contribution in [1.29, 1.82) is 0 Å². The number of anilines is 1. The van der Waals surface area contributed by atoms with E-state index < -0.39 is 0 Å². The molecule has 2 heterocycles. The monoisotopic (exact) mass is 444 g/mol. The van der Waals surface area contributed by atoms with Gasteiger partial charge in [0.15, 0.2) is 16.7 Å². The number of hydrogen-bond donors (Lipinski definition) is 1. The zero-order valence-corrected chi connectivity index (χ0v) is 17.9. The lowest BCUT2D eigenvalue weighted by molar-refractivity contribution is 0.101. The zero-order valence-electron chi connectivity index (χ0n) is 17.1. The van der Waals surface area contributed by atoms with E-state index in [4.69, 9.17) is 4.42 Å². The fourth-order valence-corrected chi connectivity index (χ4v) is 3.87. The summed E-state index contributed by atoms with van der Waals surface area (Å²) in [4.78, 5) is 24.9. The topological polar surface area (TPSA) is 90.0 Å². The summed E-state index contributed by atoms with van der Waals surface area (Å²) in [5, 5.41) is 11.8. The van der Waals surface area contributed by atoms with Gasteiger partial charge in [0.1, 0.15) is 0 Å². The molecule has 4 aromatic rings. The summed E-state index contributed by atoms with van der Waals surface area (Å²) in [5.74, 6) is 1.13. The summed E-state index contributed by atoms with van der Waals surface area (Å²) in [6.07, 6.45) is 3.31. The molecule has 8 heteroatoms. The standard InChI is InChI=1S/C24H20N4O3S/c1-2-14-28-22(21-9-6-15-31-21)26-27-24(28)32-16-20(29)17-10-12-19(13-11-17)25-23(30)18-7-4-3-5-8-18/h2-13,15H,1,14,16H2,(H,25,30). The Bertz CT molecular complexity index is 1220. The molecule has 0 aliphatic heterocycles. The molecule has 0 aliphatic carbocycles. The van der Waals surface area contributed by atoms with E-state index in [1.165, 1.54) is 11.8 Å². The third kappa shape index (κ3) is 4.87. The maximum atomic E-state index is 12.7. The first kappa shape index (κ1) is 21.3. The fraction of sp³-hybridized carbons (Fsp3) is 0.0833. The molecule has 0 aliphatic rings. The number of nitrogens with zero attached hydrogens (tertiary/aromatic N) is 3. The van der Waals surface area contributed by atoms with E-state index >= 15 is 0 Å². The van der Waals surface area contributed by atoms with Crippen LogP contribution in [0, 0.1) is 0 Å². The van der Waals surface area contributed by atoms with Gasteiger partial charge in [-0.3, -0.25) is 14.2 Å². The Morgan fingerprint density at radius 2 is 1.78 bits per heavy atom. The number of hydrogen-bond acceptors (Lipinski definition) is 6. The number of thioether (sulfide) groups is 1. The minimum absolute atomic E-state index is 0.0522. The quantitative estimate of drug-likeness (QED) is 0.223. The van der Waals surface area contributed by atoms with E-state index in [0.717, 1.165) is 0 Å². The number of aromatic nitrogens is 3. The average Bonchev–Trinajstić information content (AvgIpc) is 3.49. The van der Waals surface area contributed by atoms with Crippen molar-refractivity contribution in [1.82, 2.24) is 14.8 Å². The molecule has 7 nitrogen and oxygen atoms in total. The second-order valence-electron chi connectivity index (χ2n) is 6.79. The summed E-state index contributed by atoms with van der Waals surface area (Å²) in [5.41, 5.74) is 1.75. The van der Waals surface area contributed by atoms with Crippen molar-refractivity contribution in [2.24, 2.45) is 0 Å². The van der Waals surface area contributed by atoms with Gasteiger partial charge in [-0.05, 0) is 48.5 Å². The Balaban J connectivity index is 1.39. The number of allylic oxidation sites excluding steroid dienone is 1. The van der Waals surface area contributed by atoms with Crippen LogP contribution in [0.15, 0.2) is 95.2 Å². The predicted molar refractivity (Wildman–Crippen MR) is 124 cm³/mol. The molecule has 160 valence electrons. The number of nitrogens with one attached hydrogen (secondary N) is 1. The summed E-state index contributed by atoms with van der Waals surface area (Å²) < 4.78 is 7.27. The van der Waals surface area contributed by atoms with Crippen molar-refractivity contribution in [2.45, 2.75) is 11.7 Å². The van der Waals surface area contributed by atoms with Crippen LogP contribution in [0.25, 0.3) is 11.6 Å². The van der Waals surface area contributed by atoms with Gasteiger partial charge in [-0.1, -0.05) is 36.0 Å². The molecule has 1 amide bonds. The van der Waals surface area contributed by atoms with E-state index in [9.17, 15) is 9.59 Å². The van der Waals surface area contributed by atoms with Gasteiger partial charge in [0.05, 0.1) is 12.0 Å². The molecule has 2 aromatic carbocycles. The molecular formula is C24H20N4O3S. The van der Waals surface area contributed by atoms with Crippen molar-refractivity contribution < 1.29 is 14.0 Å². The Morgan fingerprint density at radius 1 is 1.00 bits per heavy atom. The van der Waals surface area contributed by atoms with Crippen molar-refractivity contribution >= 4 is 29.1 Å². The molecular weight excluding hydrogens is 424 g/mol. The number of rotatable bonds is 9. The van der Waals surface area contributed by atoms with Crippen LogP contribution in [0.2, 0.25) is 0 Å². The summed E-state index contributed by atoms with van der Waals surface area (Å²) >= 11 is 1.30. The van der Waals surface area contributed by atoms with Crippen LogP contribution >= 0.6 is 11.8 Å². The number of ketones is 1. The highest BCUT2D eigenvalue weighted by atomic mass is 32.2. The number of carbonyl (C=O) groups excluding carboxylic acids is 2. The minimum Gasteiger partial charge on any atom is -0.461 e. The summed E-state index contributed by atoms with van der Waals surface area (Å²) in [6.45, 7) is 4.27. The lowest BCUT2D eigenvalue weighted by atomic mass is 10.1. The molecule has 1 N–H and O–H groups in total. The number of carbonyl (C=O) groups is 2. The predicted octanol–water partition coefficient (Wildman–Crippen LogP) is 4.95. The summed E-state index contributed by atoms with van der Waals surface area (Å²) in [7, 11) is 0. The maximum Gasteiger partial charge on any atom is 0.255 e. The van der Waals surface area contributed by atoms with E-state index in [0.29, 0.717) is 40.1 Å². The van der Waals surface area contributed by atoms with Crippen LogP contribution in [0.3, 0.4) is 0 Å². The van der Waals surface area contributed by atoms with Crippen LogP contribution in [0.1, 0.15) is 20.7 Å². The number of benzene rings is 2. The van der Waals surface area contributed by atoms with Crippen LogP contribution in [-0.2, 0) is 6.54 Å². The Hall–Kier alpha value is -3.91. The molecule has 0 saturated heterocycles. The highest BCUT2D eigenvalue weighted by Crippen LogP contribution is 2.25. The van der Waals surface area contributed by atoms with Gasteiger partial charge in [-0.15, -0.1) is 16.8 Å². The Kier molecular flexibility index (Phi) is 6.62. The normalized spacial score (nSPS) is 10.6. The Labute approximate surface area is 189 Å². The van der Waals surface area contributed by atoms with Crippen LogP contribution in [0.4, 0.5) is 5.69 Å². The molecule has 0 saturated carbocycles. The molecule has 4 rings (SSSR count). The van der Waals surface area contributed by atoms with Crippen LogP contribution in [-0.4, -0.2) is 32.2 Å². The van der Waals surface area contributed by atoms with Crippen LogP contribution < -0.4 is 5.32 Å². The summed E-state index contributed by atoms with van der Waals surface area (Å²) in [6, 6.07) is 19.4.